The van der Waals surface area contributed by atoms with Crippen LogP contribution in [0, 0.1) is 0 Å². The first-order chi connectivity index (χ1) is 17.9. The molecular weight excluding hydrogens is 464 g/mol. The van der Waals surface area contributed by atoms with Crippen LogP contribution in [0.2, 0.25) is 0 Å². The first kappa shape index (κ1) is 26.9. The van der Waals surface area contributed by atoms with E-state index < -0.39 is 6.23 Å². The fourth-order valence-corrected chi connectivity index (χ4v) is 5.10. The van der Waals surface area contributed by atoms with Gasteiger partial charge < -0.3 is 26.8 Å². The molecule has 0 aromatic heterocycles. The smallest absolute Gasteiger partial charge is 0.254 e. The van der Waals surface area contributed by atoms with E-state index in [4.69, 9.17) is 11.5 Å². The Balaban J connectivity index is 1.46. The number of amidine groups is 1. The second-order valence-electron chi connectivity index (χ2n) is 9.96. The molecule has 6 N–H and O–H groups in total. The molecule has 2 aromatic rings. The maximum Gasteiger partial charge on any atom is 0.254 e. The minimum Gasteiger partial charge on any atom is -0.387 e. The molecule has 8 heteroatoms. The first-order valence-corrected chi connectivity index (χ1v) is 13.4. The highest BCUT2D eigenvalue weighted by molar-refractivity contribution is 5.97. The number of hydrogen-bond donors (Lipinski definition) is 4. The number of carbonyl (C=O) groups is 1. The van der Waals surface area contributed by atoms with Gasteiger partial charge in [0.05, 0.1) is 5.69 Å². The number of nitrogens with one attached hydrogen (secondary N) is 1. The van der Waals surface area contributed by atoms with E-state index in [9.17, 15) is 9.90 Å². The standard InChI is InChI=1S/C29H40N6O2/c1-3-12-34(13-4-2)29(37)23-15-21-7-8-22(16-26(21)33-27(31)17-23)28(36)35-14-11-25(19-35)32-24-9-5-20(18-30)6-10-24/h5-10,15-16,25,29,32,37H,3-4,11-14,17-19,30H2,1-2H3,(H2,31,33). The van der Waals surface area contributed by atoms with Gasteiger partial charge in [-0.05, 0) is 60.7 Å². The molecule has 2 atom stereocenters. The van der Waals surface area contributed by atoms with Gasteiger partial charge in [0.1, 0.15) is 12.1 Å². The number of fused-ring (bicyclic) bond motifs is 1. The predicted octanol–water partition coefficient (Wildman–Crippen LogP) is 3.69. The van der Waals surface area contributed by atoms with E-state index >= 15 is 0 Å². The van der Waals surface area contributed by atoms with Gasteiger partial charge in [0, 0.05) is 62.0 Å². The monoisotopic (exact) mass is 504 g/mol. The molecule has 0 saturated carbocycles. The molecule has 2 aliphatic rings. The molecule has 8 nitrogen and oxygen atoms in total. The lowest BCUT2D eigenvalue weighted by Crippen LogP contribution is -2.38. The number of likely N-dealkylation sites (tertiary alicyclic amines) is 1. The number of rotatable bonds is 10. The summed E-state index contributed by atoms with van der Waals surface area (Å²) in [6.45, 7) is 7.71. The van der Waals surface area contributed by atoms with E-state index in [2.05, 4.69) is 29.1 Å². The van der Waals surface area contributed by atoms with Crippen molar-refractivity contribution in [1.29, 1.82) is 0 Å². The lowest BCUT2D eigenvalue weighted by Gasteiger charge is -2.28. The molecule has 0 radical (unpaired) electrons. The minimum absolute atomic E-state index is 0.00935. The van der Waals surface area contributed by atoms with Crippen LogP contribution in [0.15, 0.2) is 53.0 Å². The van der Waals surface area contributed by atoms with Gasteiger partial charge in [-0.2, -0.15) is 0 Å². The predicted molar refractivity (Wildman–Crippen MR) is 151 cm³/mol. The van der Waals surface area contributed by atoms with Gasteiger partial charge in [-0.15, -0.1) is 0 Å². The summed E-state index contributed by atoms with van der Waals surface area (Å²) in [5.41, 5.74) is 17.0. The summed E-state index contributed by atoms with van der Waals surface area (Å²) in [6, 6.07) is 13.9. The van der Waals surface area contributed by atoms with E-state index in [1.165, 1.54) is 0 Å². The average Bonchev–Trinajstić information content (AvgIpc) is 3.29. The Kier molecular flexibility index (Phi) is 8.97. The normalized spacial score (nSPS) is 18.2. The van der Waals surface area contributed by atoms with Gasteiger partial charge in [-0.3, -0.25) is 9.69 Å². The Labute approximate surface area is 220 Å². The molecule has 198 valence electrons. The summed E-state index contributed by atoms with van der Waals surface area (Å²) in [4.78, 5) is 21.9. The number of aliphatic hydroxyl groups excluding tert-OH is 1. The third-order valence-corrected chi connectivity index (χ3v) is 7.00. The molecule has 2 aromatic carbocycles. The van der Waals surface area contributed by atoms with Crippen molar-refractivity contribution in [3.8, 4) is 0 Å². The fourth-order valence-electron chi connectivity index (χ4n) is 5.10. The van der Waals surface area contributed by atoms with Crippen LogP contribution >= 0.6 is 0 Å². The van der Waals surface area contributed by atoms with Crippen LogP contribution in [0.3, 0.4) is 0 Å². The van der Waals surface area contributed by atoms with Gasteiger partial charge in [0.2, 0.25) is 0 Å². The Hall–Kier alpha value is -3.20. The van der Waals surface area contributed by atoms with Gasteiger partial charge >= 0.3 is 0 Å². The fraction of sp³-hybridized carbons (Fsp3) is 0.448. The number of nitrogens with two attached hydrogens (primary N) is 2. The Bertz CT molecular complexity index is 1140. The largest absolute Gasteiger partial charge is 0.387 e. The highest BCUT2D eigenvalue weighted by Crippen LogP contribution is 2.30. The summed E-state index contributed by atoms with van der Waals surface area (Å²) in [5.74, 6) is 0.428. The van der Waals surface area contributed by atoms with Gasteiger partial charge in [0.25, 0.3) is 5.91 Å². The Morgan fingerprint density at radius 1 is 1.19 bits per heavy atom. The molecule has 1 fully saturated rings. The number of nitrogens with zero attached hydrogens (tertiary/aromatic N) is 3. The van der Waals surface area contributed by atoms with E-state index in [-0.39, 0.29) is 11.9 Å². The summed E-state index contributed by atoms with van der Waals surface area (Å²) in [6.07, 6.45) is 4.47. The van der Waals surface area contributed by atoms with Crippen LogP contribution in [0.1, 0.15) is 61.0 Å². The van der Waals surface area contributed by atoms with Crippen molar-refractivity contribution in [2.24, 2.45) is 16.5 Å². The Morgan fingerprint density at radius 2 is 1.92 bits per heavy atom. The number of benzene rings is 2. The summed E-state index contributed by atoms with van der Waals surface area (Å²) < 4.78 is 0. The van der Waals surface area contributed by atoms with Crippen LogP contribution in [-0.2, 0) is 6.54 Å². The van der Waals surface area contributed by atoms with Crippen LogP contribution in [-0.4, -0.2) is 65.1 Å². The van der Waals surface area contributed by atoms with E-state index in [1.807, 2.05) is 53.4 Å². The van der Waals surface area contributed by atoms with Crippen LogP contribution < -0.4 is 16.8 Å². The third kappa shape index (κ3) is 6.57. The molecule has 2 unspecified atom stereocenters. The quantitative estimate of drug-likeness (QED) is 0.366. The van der Waals surface area contributed by atoms with Crippen molar-refractivity contribution in [2.45, 2.75) is 58.3 Å². The lowest BCUT2D eigenvalue weighted by molar-refractivity contribution is 0.0323. The van der Waals surface area contributed by atoms with Crippen molar-refractivity contribution >= 4 is 29.2 Å². The van der Waals surface area contributed by atoms with Crippen molar-refractivity contribution in [1.82, 2.24) is 9.80 Å². The average molecular weight is 505 g/mol. The molecule has 0 spiro atoms. The number of carbonyl (C=O) groups excluding carboxylic acids is 1. The molecule has 1 amide bonds. The number of aliphatic imine (C=N–C) groups is 1. The van der Waals surface area contributed by atoms with E-state index in [0.717, 1.165) is 54.7 Å². The van der Waals surface area contributed by atoms with Crippen molar-refractivity contribution in [3.05, 3.63) is 64.7 Å². The molecular formula is C29H40N6O2. The van der Waals surface area contributed by atoms with Crippen molar-refractivity contribution < 1.29 is 9.90 Å². The molecule has 2 aliphatic heterocycles. The van der Waals surface area contributed by atoms with Crippen LogP contribution in [0.5, 0.6) is 0 Å². The molecule has 1 saturated heterocycles. The zero-order chi connectivity index (χ0) is 26.4. The zero-order valence-corrected chi connectivity index (χ0v) is 22.0. The highest BCUT2D eigenvalue weighted by atomic mass is 16.3. The van der Waals surface area contributed by atoms with Gasteiger partial charge in [0.15, 0.2) is 0 Å². The SMILES string of the molecule is CCCN(CCC)C(O)C1=Cc2ccc(C(=O)N3CCC(Nc4ccc(CN)cc4)C3)cc2N=C(N)C1. The van der Waals surface area contributed by atoms with Crippen LogP contribution in [0.4, 0.5) is 11.4 Å². The molecule has 2 heterocycles. The maximum absolute atomic E-state index is 13.3. The number of hydrogen-bond acceptors (Lipinski definition) is 7. The summed E-state index contributed by atoms with van der Waals surface area (Å²) in [5, 5.41) is 14.6. The van der Waals surface area contributed by atoms with Crippen molar-refractivity contribution in [3.63, 3.8) is 0 Å². The molecule has 37 heavy (non-hydrogen) atoms. The van der Waals surface area contributed by atoms with E-state index in [0.29, 0.717) is 43.1 Å². The highest BCUT2D eigenvalue weighted by Gasteiger charge is 2.28. The number of anilines is 1. The zero-order valence-electron chi connectivity index (χ0n) is 22.0. The third-order valence-electron chi connectivity index (χ3n) is 7.00. The second kappa shape index (κ2) is 12.4. The topological polar surface area (TPSA) is 120 Å². The first-order valence-electron chi connectivity index (χ1n) is 13.4. The maximum atomic E-state index is 13.3. The second-order valence-corrected chi connectivity index (χ2v) is 9.96. The Morgan fingerprint density at radius 3 is 2.59 bits per heavy atom. The summed E-state index contributed by atoms with van der Waals surface area (Å²) in [7, 11) is 0. The number of amides is 1. The molecule has 4 rings (SSSR count). The summed E-state index contributed by atoms with van der Waals surface area (Å²) >= 11 is 0. The molecule has 0 aliphatic carbocycles. The minimum atomic E-state index is -0.707. The molecule has 0 bridgehead atoms. The number of aliphatic hydroxyl groups is 1. The van der Waals surface area contributed by atoms with E-state index in [1.54, 1.807) is 0 Å². The van der Waals surface area contributed by atoms with Gasteiger partial charge in [-0.1, -0.05) is 32.0 Å². The lowest BCUT2D eigenvalue weighted by atomic mass is 10.0. The van der Waals surface area contributed by atoms with Gasteiger partial charge in [-0.25, -0.2) is 4.99 Å². The van der Waals surface area contributed by atoms with Crippen LogP contribution in [0.25, 0.3) is 6.08 Å². The van der Waals surface area contributed by atoms with Crippen molar-refractivity contribution in [2.75, 3.05) is 31.5 Å².